The zero-order valence-corrected chi connectivity index (χ0v) is 15.7. The number of nitrogens with zero attached hydrogens (tertiary/aromatic N) is 2. The molecule has 0 aliphatic heterocycles. The predicted octanol–water partition coefficient (Wildman–Crippen LogP) is 2.79. The van der Waals surface area contributed by atoms with Crippen LogP contribution in [0.25, 0.3) is 0 Å². The zero-order valence-electron chi connectivity index (χ0n) is 15.7. The molecule has 0 saturated carbocycles. The fraction of sp³-hybridized carbons (Fsp3) is 0.778. The van der Waals surface area contributed by atoms with E-state index in [9.17, 15) is 4.79 Å². The van der Waals surface area contributed by atoms with E-state index in [1.807, 2.05) is 26.8 Å². The van der Waals surface area contributed by atoms with Crippen LogP contribution in [0, 0.1) is 5.41 Å². The van der Waals surface area contributed by atoms with E-state index in [0.29, 0.717) is 13.1 Å². The Morgan fingerprint density at radius 3 is 2.48 bits per heavy atom. The van der Waals surface area contributed by atoms with Crippen molar-refractivity contribution in [1.29, 1.82) is 0 Å². The summed E-state index contributed by atoms with van der Waals surface area (Å²) < 4.78 is 0. The first-order valence-corrected chi connectivity index (χ1v) is 8.71. The highest BCUT2D eigenvalue weighted by Gasteiger charge is 2.20. The van der Waals surface area contributed by atoms with Gasteiger partial charge >= 0.3 is 0 Å². The van der Waals surface area contributed by atoms with Crippen molar-refractivity contribution in [2.75, 3.05) is 33.2 Å². The number of amides is 1. The fourth-order valence-corrected chi connectivity index (χ4v) is 1.99. The van der Waals surface area contributed by atoms with Crippen molar-refractivity contribution in [3.05, 3.63) is 12.7 Å². The summed E-state index contributed by atoms with van der Waals surface area (Å²) in [6.45, 7) is 14.5. The average molecular weight is 325 g/mol. The van der Waals surface area contributed by atoms with Gasteiger partial charge in [-0.1, -0.05) is 33.3 Å². The number of rotatable bonds is 10. The third-order valence-electron chi connectivity index (χ3n) is 3.44. The van der Waals surface area contributed by atoms with E-state index in [2.05, 4.69) is 41.1 Å². The van der Waals surface area contributed by atoms with Crippen LogP contribution in [0.4, 0.5) is 0 Å². The molecule has 0 saturated heterocycles. The molecule has 0 heterocycles. The Kier molecular flexibility index (Phi) is 11.2. The number of guanidine groups is 1. The van der Waals surface area contributed by atoms with Gasteiger partial charge < -0.3 is 15.5 Å². The molecule has 0 aliphatic carbocycles. The van der Waals surface area contributed by atoms with Crippen LogP contribution < -0.4 is 10.6 Å². The third-order valence-corrected chi connectivity index (χ3v) is 3.44. The minimum absolute atomic E-state index is 0.0632. The third kappa shape index (κ3) is 10.8. The van der Waals surface area contributed by atoms with Crippen LogP contribution >= 0.6 is 0 Å². The van der Waals surface area contributed by atoms with Crippen molar-refractivity contribution >= 4 is 11.9 Å². The standard InChI is InChI=1S/C18H36N4O/c1-7-9-10-11-12-15-22(6)17(19-8-2)21-14-13-20-16(23)18(3,4)5/h7H,1,8-15H2,2-6H3,(H,19,21)(H,20,23). The molecule has 134 valence electrons. The van der Waals surface area contributed by atoms with Gasteiger partial charge in [0.05, 0.1) is 6.54 Å². The van der Waals surface area contributed by atoms with E-state index >= 15 is 0 Å². The zero-order chi connectivity index (χ0) is 17.7. The van der Waals surface area contributed by atoms with Gasteiger partial charge in [-0.05, 0) is 26.2 Å². The van der Waals surface area contributed by atoms with Crippen molar-refractivity contribution in [3.63, 3.8) is 0 Å². The molecule has 2 N–H and O–H groups in total. The highest BCUT2D eigenvalue weighted by Crippen LogP contribution is 2.11. The predicted molar refractivity (Wildman–Crippen MR) is 99.7 cm³/mol. The Morgan fingerprint density at radius 2 is 1.91 bits per heavy atom. The molecular formula is C18H36N4O. The van der Waals surface area contributed by atoms with Crippen LogP contribution in [0.2, 0.25) is 0 Å². The van der Waals surface area contributed by atoms with Crippen LogP contribution in [0.3, 0.4) is 0 Å². The molecule has 0 aromatic carbocycles. The maximum absolute atomic E-state index is 11.8. The second kappa shape index (κ2) is 12.0. The van der Waals surface area contributed by atoms with Crippen molar-refractivity contribution in [3.8, 4) is 0 Å². The van der Waals surface area contributed by atoms with E-state index in [0.717, 1.165) is 31.9 Å². The molecule has 5 nitrogen and oxygen atoms in total. The van der Waals surface area contributed by atoms with Crippen molar-refractivity contribution < 1.29 is 4.79 Å². The number of carbonyl (C=O) groups excluding carboxylic acids is 1. The molecule has 0 rings (SSSR count). The SMILES string of the molecule is C=CCCCCCN(C)C(=NCCNC(=O)C(C)(C)C)NCC. The molecule has 0 aromatic heterocycles. The first-order valence-electron chi connectivity index (χ1n) is 8.71. The first-order chi connectivity index (χ1) is 10.8. The molecule has 23 heavy (non-hydrogen) atoms. The summed E-state index contributed by atoms with van der Waals surface area (Å²) >= 11 is 0. The topological polar surface area (TPSA) is 56.7 Å². The number of hydrogen-bond donors (Lipinski definition) is 2. The van der Waals surface area contributed by atoms with Gasteiger partial charge in [-0.3, -0.25) is 9.79 Å². The van der Waals surface area contributed by atoms with Crippen LogP contribution in [-0.4, -0.2) is 50.0 Å². The number of allylic oxidation sites excluding steroid dienone is 1. The van der Waals surface area contributed by atoms with Gasteiger partial charge in [-0.2, -0.15) is 0 Å². The van der Waals surface area contributed by atoms with Crippen molar-refractivity contribution in [2.24, 2.45) is 10.4 Å². The van der Waals surface area contributed by atoms with Crippen LogP contribution in [0.1, 0.15) is 53.4 Å². The summed E-state index contributed by atoms with van der Waals surface area (Å²) in [7, 11) is 2.06. The summed E-state index contributed by atoms with van der Waals surface area (Å²) in [6.07, 6.45) is 6.61. The lowest BCUT2D eigenvalue weighted by molar-refractivity contribution is -0.128. The molecule has 0 aromatic rings. The van der Waals surface area contributed by atoms with Crippen LogP contribution in [0.15, 0.2) is 17.6 Å². The molecule has 0 aliphatic rings. The maximum atomic E-state index is 11.8. The molecule has 0 radical (unpaired) electrons. The molecular weight excluding hydrogens is 288 g/mol. The molecule has 0 spiro atoms. The van der Waals surface area contributed by atoms with Gasteiger partial charge in [0.2, 0.25) is 5.91 Å². The van der Waals surface area contributed by atoms with Gasteiger partial charge in [0.25, 0.3) is 0 Å². The molecule has 0 fully saturated rings. The number of nitrogens with one attached hydrogen (secondary N) is 2. The second-order valence-electron chi connectivity index (χ2n) is 6.80. The van der Waals surface area contributed by atoms with E-state index in [4.69, 9.17) is 0 Å². The Bertz CT molecular complexity index is 372. The van der Waals surface area contributed by atoms with Gasteiger partial charge in [-0.25, -0.2) is 0 Å². The number of unbranched alkanes of at least 4 members (excludes halogenated alkanes) is 3. The lowest BCUT2D eigenvalue weighted by atomic mass is 9.96. The maximum Gasteiger partial charge on any atom is 0.225 e. The lowest BCUT2D eigenvalue weighted by Crippen LogP contribution is -2.40. The molecule has 1 amide bonds. The minimum atomic E-state index is -0.351. The Labute approximate surface area is 142 Å². The molecule has 0 bridgehead atoms. The Morgan fingerprint density at radius 1 is 1.22 bits per heavy atom. The minimum Gasteiger partial charge on any atom is -0.357 e. The van der Waals surface area contributed by atoms with Gasteiger partial charge in [0, 0.05) is 32.1 Å². The largest absolute Gasteiger partial charge is 0.357 e. The Balaban J connectivity index is 4.20. The normalized spacial score (nSPS) is 12.0. The van der Waals surface area contributed by atoms with E-state index in [-0.39, 0.29) is 11.3 Å². The second-order valence-corrected chi connectivity index (χ2v) is 6.80. The van der Waals surface area contributed by atoms with Gasteiger partial charge in [0.15, 0.2) is 5.96 Å². The highest BCUT2D eigenvalue weighted by atomic mass is 16.2. The first kappa shape index (κ1) is 21.5. The van der Waals surface area contributed by atoms with Gasteiger partial charge in [0.1, 0.15) is 0 Å². The lowest BCUT2D eigenvalue weighted by Gasteiger charge is -2.22. The molecule has 5 heteroatoms. The summed E-state index contributed by atoms with van der Waals surface area (Å²) in [4.78, 5) is 18.5. The molecule has 0 atom stereocenters. The van der Waals surface area contributed by atoms with E-state index in [1.54, 1.807) is 0 Å². The van der Waals surface area contributed by atoms with Crippen molar-refractivity contribution in [1.82, 2.24) is 15.5 Å². The van der Waals surface area contributed by atoms with E-state index in [1.165, 1.54) is 12.8 Å². The summed E-state index contributed by atoms with van der Waals surface area (Å²) in [6, 6.07) is 0. The number of carbonyl (C=O) groups is 1. The smallest absolute Gasteiger partial charge is 0.225 e. The molecule has 0 unspecified atom stereocenters. The Hall–Kier alpha value is -1.52. The summed E-state index contributed by atoms with van der Waals surface area (Å²) in [5.41, 5.74) is -0.351. The van der Waals surface area contributed by atoms with Crippen LogP contribution in [0.5, 0.6) is 0 Å². The average Bonchev–Trinajstić information content (AvgIpc) is 2.48. The van der Waals surface area contributed by atoms with E-state index < -0.39 is 0 Å². The quantitative estimate of drug-likeness (QED) is 0.281. The van der Waals surface area contributed by atoms with Gasteiger partial charge in [-0.15, -0.1) is 6.58 Å². The highest BCUT2D eigenvalue weighted by molar-refractivity contribution is 5.81. The summed E-state index contributed by atoms with van der Waals surface area (Å²) in [5.74, 6) is 0.967. The van der Waals surface area contributed by atoms with Crippen molar-refractivity contribution in [2.45, 2.75) is 53.4 Å². The number of aliphatic imine (C=N–C) groups is 1. The number of hydrogen-bond acceptors (Lipinski definition) is 2. The van der Waals surface area contributed by atoms with Crippen LogP contribution in [-0.2, 0) is 4.79 Å². The fourth-order valence-electron chi connectivity index (χ4n) is 1.99. The monoisotopic (exact) mass is 324 g/mol. The summed E-state index contributed by atoms with van der Waals surface area (Å²) in [5, 5.41) is 6.22.